The van der Waals surface area contributed by atoms with Gasteiger partial charge in [0, 0.05) is 16.7 Å². The molecule has 248 valence electrons. The first-order chi connectivity index (χ1) is 21.7. The number of benzene rings is 4. The van der Waals surface area contributed by atoms with E-state index in [2.05, 4.69) is 9.31 Å². The molecule has 0 aliphatic heterocycles. The highest BCUT2D eigenvalue weighted by molar-refractivity contribution is 6.63. The first-order valence-corrected chi connectivity index (χ1v) is 11.5. The van der Waals surface area contributed by atoms with Crippen molar-refractivity contribution in [2.24, 2.45) is 0 Å². The predicted molar refractivity (Wildman–Crippen MR) is 114 cm³/mol. The van der Waals surface area contributed by atoms with Gasteiger partial charge in [-0.05, 0) is 0 Å². The lowest BCUT2D eigenvalue weighted by molar-refractivity contribution is 0.0433. The number of halogens is 19. The number of hydrogen-bond donors (Lipinski definition) is 0. The van der Waals surface area contributed by atoms with Crippen molar-refractivity contribution < 1.29 is 92.7 Å². The van der Waals surface area contributed by atoms with Crippen LogP contribution in [0.3, 0.4) is 0 Å². The average molecular weight is 704 g/mol. The van der Waals surface area contributed by atoms with E-state index in [4.69, 9.17) is 0 Å². The summed E-state index contributed by atoms with van der Waals surface area (Å²) < 4.78 is 282. The van der Waals surface area contributed by atoms with Gasteiger partial charge in [0.05, 0.1) is 11.0 Å². The molecule has 0 bridgehead atoms. The summed E-state index contributed by atoms with van der Waals surface area (Å²) in [6, 6.07) is 0. The van der Waals surface area contributed by atoms with Crippen LogP contribution >= 0.6 is 0 Å². The van der Waals surface area contributed by atoms with Crippen molar-refractivity contribution in [3.63, 3.8) is 0 Å². The zero-order valence-corrected chi connectivity index (χ0v) is 21.1. The van der Waals surface area contributed by atoms with Gasteiger partial charge >= 0.3 is 13.0 Å². The topological polar surface area (TPSA) is 18.5 Å². The summed E-state index contributed by atoms with van der Waals surface area (Å²) in [5.74, 6) is -63.0. The Labute approximate surface area is 244 Å². The standard InChI is InChI=1S/C25BF19O2/c27-6-1-2-4(8(29)12(33)11(32)7(2)28)25(44,45)3(1)5(9(30)10(6)31)26(46-23-19(40)15(36)13(34)16(37)20(23)41)47-24-21(42)17(38)14(35)18(39)22(24)43. The third kappa shape index (κ3) is 4.46. The van der Waals surface area contributed by atoms with Gasteiger partial charge < -0.3 is 9.31 Å². The molecule has 5 rings (SSSR count). The summed E-state index contributed by atoms with van der Waals surface area (Å²) in [4.78, 5) is 0. The molecule has 0 atom stereocenters. The number of rotatable bonds is 5. The van der Waals surface area contributed by atoms with Crippen LogP contribution in [-0.2, 0) is 5.92 Å². The molecule has 0 saturated heterocycles. The van der Waals surface area contributed by atoms with Crippen LogP contribution in [0.5, 0.6) is 11.5 Å². The molecular weight excluding hydrogens is 704 g/mol. The van der Waals surface area contributed by atoms with Gasteiger partial charge in [0.2, 0.25) is 58.2 Å². The Morgan fingerprint density at radius 1 is 0.319 bits per heavy atom. The molecule has 0 saturated carbocycles. The molecule has 0 amide bonds. The summed E-state index contributed by atoms with van der Waals surface area (Å²) >= 11 is 0. The highest BCUT2D eigenvalue weighted by Gasteiger charge is 2.57. The molecule has 0 aromatic heterocycles. The van der Waals surface area contributed by atoms with Crippen molar-refractivity contribution >= 4 is 12.6 Å². The van der Waals surface area contributed by atoms with Gasteiger partial charge in [-0.25, -0.2) is 57.1 Å². The molecular formula is C25BF19O2. The van der Waals surface area contributed by atoms with Crippen LogP contribution in [0.1, 0.15) is 11.1 Å². The minimum absolute atomic E-state index is 2.41. The Morgan fingerprint density at radius 3 is 0.979 bits per heavy atom. The number of alkyl halides is 2. The Kier molecular flexibility index (Phi) is 7.78. The summed E-state index contributed by atoms with van der Waals surface area (Å²) in [5.41, 5.74) is -13.2. The van der Waals surface area contributed by atoms with Crippen molar-refractivity contribution in [3.05, 3.63) is 110 Å². The fraction of sp³-hybridized carbons (Fsp3) is 0.0400. The van der Waals surface area contributed by atoms with Crippen LogP contribution in [0, 0.1) is 98.9 Å². The zero-order chi connectivity index (χ0) is 35.3. The lowest BCUT2D eigenvalue weighted by Crippen LogP contribution is -2.49. The van der Waals surface area contributed by atoms with Crippen LogP contribution in [0.25, 0.3) is 11.1 Å². The van der Waals surface area contributed by atoms with Gasteiger partial charge in [-0.2, -0.15) is 26.3 Å². The molecule has 0 N–H and O–H groups in total. The molecule has 1 aliphatic carbocycles. The van der Waals surface area contributed by atoms with E-state index in [0.29, 0.717) is 0 Å². The quantitative estimate of drug-likeness (QED) is 0.0908. The largest absolute Gasteiger partial charge is 0.636 e. The molecule has 2 nitrogen and oxygen atoms in total. The third-order valence-electron chi connectivity index (χ3n) is 6.53. The van der Waals surface area contributed by atoms with Crippen molar-refractivity contribution in [2.75, 3.05) is 0 Å². The highest BCUT2D eigenvalue weighted by atomic mass is 19.3. The normalized spacial score (nSPS) is 13.2. The van der Waals surface area contributed by atoms with Crippen molar-refractivity contribution in [2.45, 2.75) is 5.92 Å². The number of hydrogen-bond acceptors (Lipinski definition) is 2. The summed E-state index contributed by atoms with van der Waals surface area (Å²) in [7, 11) is -4.21. The lowest BCUT2D eigenvalue weighted by Gasteiger charge is -2.23. The second-order valence-corrected chi connectivity index (χ2v) is 9.05. The monoisotopic (exact) mass is 704 g/mol. The minimum atomic E-state index is -5.70. The fourth-order valence-electron chi connectivity index (χ4n) is 4.48. The van der Waals surface area contributed by atoms with Gasteiger partial charge in [-0.1, -0.05) is 0 Å². The van der Waals surface area contributed by atoms with Crippen LogP contribution in [0.2, 0.25) is 0 Å². The molecule has 0 spiro atoms. The zero-order valence-electron chi connectivity index (χ0n) is 21.1. The Bertz CT molecular complexity index is 1940. The lowest BCUT2D eigenvalue weighted by atomic mass is 9.72. The first kappa shape index (κ1) is 33.6. The number of fused-ring (bicyclic) bond motifs is 3. The van der Waals surface area contributed by atoms with Crippen molar-refractivity contribution in [1.82, 2.24) is 0 Å². The van der Waals surface area contributed by atoms with Crippen molar-refractivity contribution in [3.8, 4) is 22.6 Å². The van der Waals surface area contributed by atoms with E-state index >= 15 is 13.2 Å². The Morgan fingerprint density at radius 2 is 0.596 bits per heavy atom. The van der Waals surface area contributed by atoms with Gasteiger partial charge in [0.1, 0.15) is 0 Å². The SMILES string of the molecule is Fc1c(F)c(F)c(OB(Oc2c(F)c(F)c(F)c(F)c2F)c2c(F)c(F)c(F)c3c2C(F)(F)c2c(F)c(F)c(F)c(F)c2-3)c(F)c1F. The Balaban J connectivity index is 1.93. The van der Waals surface area contributed by atoms with Gasteiger partial charge in [-0.3, -0.25) is 0 Å². The summed E-state index contributed by atoms with van der Waals surface area (Å²) in [6.45, 7) is 0. The van der Waals surface area contributed by atoms with E-state index in [9.17, 15) is 70.2 Å². The summed E-state index contributed by atoms with van der Waals surface area (Å²) in [5, 5.41) is 0. The Hall–Kier alpha value is -4.79. The average Bonchev–Trinajstić information content (AvgIpc) is 3.28. The third-order valence-corrected chi connectivity index (χ3v) is 6.53. The molecule has 0 unspecified atom stereocenters. The van der Waals surface area contributed by atoms with E-state index in [0.717, 1.165) is 0 Å². The van der Waals surface area contributed by atoms with E-state index in [1.54, 1.807) is 0 Å². The predicted octanol–water partition coefficient (Wildman–Crippen LogP) is 8.03. The van der Waals surface area contributed by atoms with Crippen LogP contribution in [0.4, 0.5) is 83.4 Å². The van der Waals surface area contributed by atoms with Gasteiger partial charge in [0.25, 0.3) is 0 Å². The van der Waals surface area contributed by atoms with Crippen LogP contribution in [0.15, 0.2) is 0 Å². The molecule has 1 aliphatic rings. The molecule has 22 heteroatoms. The maximum absolute atomic E-state index is 15.7. The van der Waals surface area contributed by atoms with E-state index < -0.39 is 151 Å². The smallest absolute Gasteiger partial charge is 0.517 e. The molecule has 4 aromatic carbocycles. The highest BCUT2D eigenvalue weighted by Crippen LogP contribution is 2.55. The van der Waals surface area contributed by atoms with E-state index in [1.165, 1.54) is 0 Å². The van der Waals surface area contributed by atoms with Crippen molar-refractivity contribution in [1.29, 1.82) is 0 Å². The minimum Gasteiger partial charge on any atom is -0.517 e. The second-order valence-electron chi connectivity index (χ2n) is 9.05. The second kappa shape index (κ2) is 10.9. The van der Waals surface area contributed by atoms with Gasteiger partial charge in [0.15, 0.2) is 52.2 Å². The first-order valence-electron chi connectivity index (χ1n) is 11.5. The maximum Gasteiger partial charge on any atom is 0.636 e. The molecule has 0 fully saturated rings. The molecule has 0 heterocycles. The maximum atomic E-state index is 15.7. The fourth-order valence-corrected chi connectivity index (χ4v) is 4.48. The van der Waals surface area contributed by atoms with E-state index in [-0.39, 0.29) is 0 Å². The molecule has 4 aromatic rings. The van der Waals surface area contributed by atoms with Crippen LogP contribution in [-0.4, -0.2) is 7.12 Å². The van der Waals surface area contributed by atoms with Gasteiger partial charge in [-0.15, -0.1) is 0 Å². The molecule has 47 heavy (non-hydrogen) atoms. The van der Waals surface area contributed by atoms with E-state index in [1.807, 2.05) is 0 Å². The molecule has 0 radical (unpaired) electrons. The summed E-state index contributed by atoms with van der Waals surface area (Å²) in [6.07, 6.45) is 0. The van der Waals surface area contributed by atoms with Crippen LogP contribution < -0.4 is 14.8 Å².